The second-order valence-electron chi connectivity index (χ2n) is 6.52. The lowest BCUT2D eigenvalue weighted by Crippen LogP contribution is -3.09. The molecule has 1 aliphatic heterocycles. The van der Waals surface area contributed by atoms with Crippen molar-refractivity contribution in [1.82, 2.24) is 10.2 Å². The molecule has 8 heteroatoms. The molecule has 1 aliphatic rings. The Bertz CT molecular complexity index is 841. The van der Waals surface area contributed by atoms with E-state index in [2.05, 4.69) is 5.32 Å². The highest BCUT2D eigenvalue weighted by Crippen LogP contribution is 2.30. The summed E-state index contributed by atoms with van der Waals surface area (Å²) in [4.78, 5) is 28.8. The van der Waals surface area contributed by atoms with Crippen LogP contribution in [-0.2, 0) is 16.9 Å². The number of hydrogen-bond acceptors (Lipinski definition) is 4. The highest BCUT2D eigenvalue weighted by atomic mass is 35.5. The summed E-state index contributed by atoms with van der Waals surface area (Å²) in [5.74, 6) is 0.376. The van der Waals surface area contributed by atoms with Gasteiger partial charge < -0.3 is 15.0 Å². The van der Waals surface area contributed by atoms with Crippen molar-refractivity contribution in [2.24, 2.45) is 0 Å². The number of thiophene rings is 1. The van der Waals surface area contributed by atoms with Gasteiger partial charge in [0.1, 0.15) is 17.8 Å². The minimum Gasteiger partial charge on any atom is -0.497 e. The number of amides is 3. The van der Waals surface area contributed by atoms with Crippen LogP contribution in [0.5, 0.6) is 5.75 Å². The van der Waals surface area contributed by atoms with Crippen LogP contribution in [0.3, 0.4) is 0 Å². The first-order valence-corrected chi connectivity index (χ1v) is 9.37. The van der Waals surface area contributed by atoms with Crippen molar-refractivity contribution >= 4 is 34.9 Å². The van der Waals surface area contributed by atoms with Gasteiger partial charge in [-0.15, -0.1) is 11.3 Å². The Kier molecular flexibility index (Phi) is 5.22. The predicted molar refractivity (Wildman–Crippen MR) is 101 cm³/mol. The first-order valence-electron chi connectivity index (χ1n) is 8.17. The summed E-state index contributed by atoms with van der Waals surface area (Å²) in [6, 6.07) is 10.6. The van der Waals surface area contributed by atoms with E-state index in [0.29, 0.717) is 17.9 Å². The number of carbonyl (C=O) groups is 2. The van der Waals surface area contributed by atoms with E-state index in [-0.39, 0.29) is 18.6 Å². The number of urea groups is 1. The summed E-state index contributed by atoms with van der Waals surface area (Å²) >= 11 is 7.46. The summed E-state index contributed by atoms with van der Waals surface area (Å²) < 4.78 is 5.96. The number of benzene rings is 1. The average Bonchev–Trinajstić information content (AvgIpc) is 3.11. The lowest BCUT2D eigenvalue weighted by Gasteiger charge is -2.23. The predicted octanol–water partition coefficient (Wildman–Crippen LogP) is 1.85. The van der Waals surface area contributed by atoms with Gasteiger partial charge in [0.05, 0.1) is 23.4 Å². The van der Waals surface area contributed by atoms with Crippen LogP contribution in [-0.4, -0.2) is 37.7 Å². The summed E-state index contributed by atoms with van der Waals surface area (Å²) in [6.45, 7) is 2.68. The number of quaternary nitrogens is 1. The van der Waals surface area contributed by atoms with Crippen LogP contribution in [0.15, 0.2) is 36.4 Å². The molecule has 0 aliphatic carbocycles. The maximum absolute atomic E-state index is 13.0. The molecule has 3 rings (SSSR count). The van der Waals surface area contributed by atoms with Crippen LogP contribution in [0.25, 0.3) is 0 Å². The standard InChI is InChI=1S/C18H20ClN3O3S/c1-18(12-5-4-6-13(9-12)25-3)16(23)22(17(24)20-18)11-21(2)10-14-7-8-15(19)26-14/h4-9H,10-11H2,1-3H3,(H,20,24)/p+1/t18-/m0/s1. The van der Waals surface area contributed by atoms with E-state index >= 15 is 0 Å². The van der Waals surface area contributed by atoms with Gasteiger partial charge in [-0.1, -0.05) is 23.7 Å². The van der Waals surface area contributed by atoms with Crippen molar-refractivity contribution in [3.8, 4) is 5.75 Å². The minimum absolute atomic E-state index is 0.265. The molecule has 1 saturated heterocycles. The molecule has 2 aromatic rings. The van der Waals surface area contributed by atoms with Crippen LogP contribution in [0.2, 0.25) is 4.34 Å². The number of ether oxygens (including phenoxy) is 1. The molecule has 2 atom stereocenters. The second kappa shape index (κ2) is 7.26. The Labute approximate surface area is 161 Å². The summed E-state index contributed by atoms with van der Waals surface area (Å²) in [5, 5.41) is 2.82. The highest BCUT2D eigenvalue weighted by Gasteiger charge is 2.50. The zero-order chi connectivity index (χ0) is 18.9. The molecule has 0 radical (unpaired) electrons. The normalized spacial score (nSPS) is 21.0. The lowest BCUT2D eigenvalue weighted by atomic mass is 9.92. The van der Waals surface area contributed by atoms with Crippen molar-refractivity contribution in [3.63, 3.8) is 0 Å². The van der Waals surface area contributed by atoms with E-state index in [1.165, 1.54) is 16.2 Å². The Morgan fingerprint density at radius 3 is 2.73 bits per heavy atom. The number of nitrogens with zero attached hydrogens (tertiary/aromatic N) is 1. The number of carbonyl (C=O) groups excluding carboxylic acids is 2. The molecule has 3 amide bonds. The molecule has 0 bridgehead atoms. The molecule has 2 heterocycles. The molecule has 0 spiro atoms. The lowest BCUT2D eigenvalue weighted by molar-refractivity contribution is -0.900. The summed E-state index contributed by atoms with van der Waals surface area (Å²) in [5.41, 5.74) is -0.404. The van der Waals surface area contributed by atoms with Gasteiger partial charge in [0.25, 0.3) is 5.91 Å². The van der Waals surface area contributed by atoms with Gasteiger partial charge in [0.2, 0.25) is 0 Å². The fraction of sp³-hybridized carbons (Fsp3) is 0.333. The average molecular weight is 395 g/mol. The maximum Gasteiger partial charge on any atom is 0.329 e. The third-order valence-electron chi connectivity index (χ3n) is 4.45. The Hall–Kier alpha value is -2.09. The van der Waals surface area contributed by atoms with Crippen molar-refractivity contribution in [2.45, 2.75) is 19.0 Å². The Balaban J connectivity index is 1.75. The zero-order valence-electron chi connectivity index (χ0n) is 14.8. The Morgan fingerprint density at radius 2 is 2.08 bits per heavy atom. The molecule has 138 valence electrons. The molecule has 1 unspecified atom stereocenters. The van der Waals surface area contributed by atoms with E-state index in [4.69, 9.17) is 16.3 Å². The van der Waals surface area contributed by atoms with Gasteiger partial charge in [-0.3, -0.25) is 4.79 Å². The molecule has 6 nitrogen and oxygen atoms in total. The molecule has 1 aromatic carbocycles. The van der Waals surface area contributed by atoms with Crippen LogP contribution in [0.1, 0.15) is 17.4 Å². The fourth-order valence-electron chi connectivity index (χ4n) is 3.04. The maximum atomic E-state index is 13.0. The molecule has 0 saturated carbocycles. The van der Waals surface area contributed by atoms with Gasteiger partial charge in [0.15, 0.2) is 6.67 Å². The third kappa shape index (κ3) is 3.56. The number of hydrogen-bond donors (Lipinski definition) is 2. The van der Waals surface area contributed by atoms with E-state index < -0.39 is 5.54 Å². The van der Waals surface area contributed by atoms with Gasteiger partial charge in [-0.25, -0.2) is 9.69 Å². The fourth-order valence-corrected chi connectivity index (χ4v) is 4.24. The second-order valence-corrected chi connectivity index (χ2v) is 8.32. The molecular formula is C18H21ClN3O3S+. The number of halogens is 1. The third-order valence-corrected chi connectivity index (χ3v) is 5.69. The first-order chi connectivity index (χ1) is 12.3. The smallest absolute Gasteiger partial charge is 0.329 e. The highest BCUT2D eigenvalue weighted by molar-refractivity contribution is 7.16. The van der Waals surface area contributed by atoms with E-state index in [0.717, 1.165) is 14.1 Å². The minimum atomic E-state index is -1.10. The van der Waals surface area contributed by atoms with E-state index in [1.807, 2.05) is 25.2 Å². The van der Waals surface area contributed by atoms with Gasteiger partial charge in [-0.2, -0.15) is 0 Å². The van der Waals surface area contributed by atoms with Gasteiger partial charge >= 0.3 is 6.03 Å². The first kappa shape index (κ1) is 18.7. The van der Waals surface area contributed by atoms with Gasteiger partial charge in [0, 0.05) is 0 Å². The van der Waals surface area contributed by atoms with Crippen molar-refractivity contribution < 1.29 is 19.2 Å². The van der Waals surface area contributed by atoms with Crippen molar-refractivity contribution in [1.29, 1.82) is 0 Å². The topological polar surface area (TPSA) is 63.1 Å². The van der Waals surface area contributed by atoms with Crippen LogP contribution >= 0.6 is 22.9 Å². The van der Waals surface area contributed by atoms with Gasteiger partial charge in [-0.05, 0) is 36.8 Å². The largest absolute Gasteiger partial charge is 0.497 e. The number of methoxy groups -OCH3 is 1. The molecule has 26 heavy (non-hydrogen) atoms. The van der Waals surface area contributed by atoms with Crippen LogP contribution in [0, 0.1) is 0 Å². The molecular weight excluding hydrogens is 374 g/mol. The van der Waals surface area contributed by atoms with Crippen molar-refractivity contribution in [2.75, 3.05) is 20.8 Å². The Morgan fingerprint density at radius 1 is 1.31 bits per heavy atom. The zero-order valence-corrected chi connectivity index (χ0v) is 16.4. The van der Waals surface area contributed by atoms with Crippen LogP contribution in [0.4, 0.5) is 4.79 Å². The quantitative estimate of drug-likeness (QED) is 0.735. The monoisotopic (exact) mass is 394 g/mol. The molecule has 2 N–H and O–H groups in total. The summed E-state index contributed by atoms with van der Waals surface area (Å²) in [7, 11) is 3.51. The molecule has 1 aromatic heterocycles. The number of nitrogens with one attached hydrogen (secondary N) is 2. The van der Waals surface area contributed by atoms with Crippen molar-refractivity contribution in [3.05, 3.63) is 51.2 Å². The number of rotatable bonds is 6. The number of imide groups is 1. The SMILES string of the molecule is COc1cccc([C@]2(C)NC(=O)N(C[NH+](C)Cc3ccc(Cl)s3)C2=O)c1. The molecule has 1 fully saturated rings. The van der Waals surface area contributed by atoms with E-state index in [1.54, 1.807) is 32.2 Å². The van der Waals surface area contributed by atoms with E-state index in [9.17, 15) is 9.59 Å². The van der Waals surface area contributed by atoms with Crippen LogP contribution < -0.4 is 15.0 Å². The summed E-state index contributed by atoms with van der Waals surface area (Å²) in [6.07, 6.45) is 0.